The van der Waals surface area contributed by atoms with E-state index >= 15 is 0 Å². The van der Waals surface area contributed by atoms with Crippen LogP contribution in [0.4, 0.5) is 11.4 Å². The number of benzene rings is 2. The second kappa shape index (κ2) is 7.42. The second-order valence-electron chi connectivity index (χ2n) is 6.26. The van der Waals surface area contributed by atoms with Crippen LogP contribution in [0.1, 0.15) is 23.4 Å². The zero-order chi connectivity index (χ0) is 18.8. The van der Waals surface area contributed by atoms with Crippen LogP contribution in [0.2, 0.25) is 5.02 Å². The minimum atomic E-state index is -0.512. The summed E-state index contributed by atoms with van der Waals surface area (Å²) in [4.78, 5) is 25.3. The summed E-state index contributed by atoms with van der Waals surface area (Å²) >= 11 is 5.97. The number of furan rings is 1. The largest absolute Gasteiger partial charge is 0.449 e. The molecule has 2 heterocycles. The summed E-state index contributed by atoms with van der Waals surface area (Å²) in [6.07, 6.45) is 0.986. The minimum Gasteiger partial charge on any atom is -0.449 e. The molecule has 2 amide bonds. The molecular formula is C20H17ClN2O4. The molecule has 4 rings (SSSR count). The van der Waals surface area contributed by atoms with Gasteiger partial charge in [-0.3, -0.25) is 9.59 Å². The molecule has 0 radical (unpaired) electrons. The molecule has 6 nitrogen and oxygen atoms in total. The van der Waals surface area contributed by atoms with Crippen molar-refractivity contribution in [1.29, 1.82) is 0 Å². The van der Waals surface area contributed by atoms with Crippen molar-refractivity contribution in [1.82, 2.24) is 0 Å². The van der Waals surface area contributed by atoms with Crippen LogP contribution in [0.5, 0.6) is 0 Å². The molecular weight excluding hydrogens is 368 g/mol. The number of ether oxygens (including phenoxy) is 1. The molecule has 0 spiro atoms. The highest BCUT2D eigenvalue weighted by molar-refractivity contribution is 6.31. The van der Waals surface area contributed by atoms with E-state index < -0.39 is 12.0 Å². The normalized spacial score (nSPS) is 16.4. The van der Waals surface area contributed by atoms with Crippen LogP contribution in [0.15, 0.2) is 52.9 Å². The number of hydrogen-bond donors (Lipinski definition) is 2. The molecule has 1 aliphatic rings. The smallest absolute Gasteiger partial charge is 0.293 e. The highest BCUT2D eigenvalue weighted by atomic mass is 35.5. The van der Waals surface area contributed by atoms with E-state index in [9.17, 15) is 9.59 Å². The molecule has 1 aliphatic heterocycles. The van der Waals surface area contributed by atoms with Gasteiger partial charge in [0.2, 0.25) is 5.76 Å². The molecule has 7 heteroatoms. The topological polar surface area (TPSA) is 80.6 Å². The summed E-state index contributed by atoms with van der Waals surface area (Å²) in [7, 11) is 0. The molecule has 0 saturated carbocycles. The molecule has 1 atom stereocenters. The fraction of sp³-hybridized carbons (Fsp3) is 0.200. The first-order valence-electron chi connectivity index (χ1n) is 8.63. The molecule has 1 saturated heterocycles. The van der Waals surface area contributed by atoms with Gasteiger partial charge >= 0.3 is 0 Å². The number of amides is 2. The van der Waals surface area contributed by atoms with Gasteiger partial charge in [-0.25, -0.2) is 0 Å². The molecule has 1 fully saturated rings. The van der Waals surface area contributed by atoms with Gasteiger partial charge in [0, 0.05) is 22.7 Å². The lowest BCUT2D eigenvalue weighted by Gasteiger charge is -2.11. The predicted molar refractivity (Wildman–Crippen MR) is 103 cm³/mol. The van der Waals surface area contributed by atoms with Gasteiger partial charge in [0.25, 0.3) is 11.8 Å². The van der Waals surface area contributed by atoms with Crippen molar-refractivity contribution < 1.29 is 18.7 Å². The van der Waals surface area contributed by atoms with Gasteiger partial charge in [-0.05, 0) is 43.2 Å². The quantitative estimate of drug-likeness (QED) is 0.696. The average Bonchev–Trinajstić information content (AvgIpc) is 3.30. The van der Waals surface area contributed by atoms with Gasteiger partial charge < -0.3 is 19.8 Å². The summed E-state index contributed by atoms with van der Waals surface area (Å²) in [5.41, 5.74) is 1.38. The standard InChI is InChI=1S/C20H17ClN2O4/c21-12-5-3-6-13(11-12)22-20(25)18-17(14-7-1-2-8-15(14)27-18)23-19(24)16-9-4-10-26-16/h1-3,5-8,11,16H,4,9-10H2,(H,22,25)(H,23,24)/t16-/m1/s1. The van der Waals surface area contributed by atoms with Gasteiger partial charge in [-0.1, -0.05) is 29.8 Å². The maximum atomic E-state index is 12.8. The molecule has 138 valence electrons. The Kier molecular flexibility index (Phi) is 4.83. The lowest BCUT2D eigenvalue weighted by Crippen LogP contribution is -2.27. The van der Waals surface area contributed by atoms with Crippen LogP contribution in [-0.2, 0) is 9.53 Å². The lowest BCUT2D eigenvalue weighted by atomic mass is 10.2. The molecule has 1 aromatic heterocycles. The number of fused-ring (bicyclic) bond motifs is 1. The van der Waals surface area contributed by atoms with Crippen LogP contribution in [-0.4, -0.2) is 24.5 Å². The fourth-order valence-corrected chi connectivity index (χ4v) is 3.26. The Morgan fingerprint density at radius 2 is 1.93 bits per heavy atom. The molecule has 2 N–H and O–H groups in total. The van der Waals surface area contributed by atoms with Gasteiger partial charge in [0.05, 0.1) is 0 Å². The third-order valence-electron chi connectivity index (χ3n) is 4.35. The van der Waals surface area contributed by atoms with Crippen molar-refractivity contribution in [2.75, 3.05) is 17.2 Å². The van der Waals surface area contributed by atoms with Crippen molar-refractivity contribution in [3.63, 3.8) is 0 Å². The van der Waals surface area contributed by atoms with Crippen LogP contribution in [0, 0.1) is 0 Å². The molecule has 0 aliphatic carbocycles. The van der Waals surface area contributed by atoms with E-state index in [1.807, 2.05) is 6.07 Å². The SMILES string of the molecule is O=C(Nc1cccc(Cl)c1)c1oc2ccccc2c1NC(=O)[C@H]1CCCO1. The van der Waals surface area contributed by atoms with Crippen LogP contribution in [0.3, 0.4) is 0 Å². The first-order valence-corrected chi connectivity index (χ1v) is 9.00. The van der Waals surface area contributed by atoms with E-state index in [-0.39, 0.29) is 11.7 Å². The van der Waals surface area contributed by atoms with Gasteiger partial charge in [-0.2, -0.15) is 0 Å². The molecule has 3 aromatic rings. The first kappa shape index (κ1) is 17.6. The van der Waals surface area contributed by atoms with E-state index in [1.165, 1.54) is 0 Å². The average molecular weight is 385 g/mol. The zero-order valence-electron chi connectivity index (χ0n) is 14.3. The van der Waals surface area contributed by atoms with E-state index in [2.05, 4.69) is 10.6 Å². The summed E-state index contributed by atoms with van der Waals surface area (Å²) in [5, 5.41) is 6.71. The third kappa shape index (κ3) is 3.67. The Labute approximate surface area is 160 Å². The predicted octanol–water partition coefficient (Wildman–Crippen LogP) is 4.46. The Morgan fingerprint density at radius 3 is 2.70 bits per heavy atom. The molecule has 0 bridgehead atoms. The van der Waals surface area contributed by atoms with Crippen molar-refractivity contribution in [2.45, 2.75) is 18.9 Å². The van der Waals surface area contributed by atoms with E-state index in [1.54, 1.807) is 42.5 Å². The zero-order valence-corrected chi connectivity index (χ0v) is 15.1. The number of anilines is 2. The molecule has 0 unspecified atom stereocenters. The number of para-hydroxylation sites is 1. The highest BCUT2D eigenvalue weighted by Gasteiger charge is 2.28. The summed E-state index contributed by atoms with van der Waals surface area (Å²) in [5.74, 6) is -0.727. The van der Waals surface area contributed by atoms with Crippen molar-refractivity contribution >= 4 is 45.8 Å². The first-order chi connectivity index (χ1) is 13.1. The number of rotatable bonds is 4. The van der Waals surface area contributed by atoms with Crippen LogP contribution >= 0.6 is 11.6 Å². The van der Waals surface area contributed by atoms with Crippen molar-refractivity contribution in [3.05, 3.63) is 59.3 Å². The maximum absolute atomic E-state index is 12.8. The number of halogens is 1. The maximum Gasteiger partial charge on any atom is 0.293 e. The van der Waals surface area contributed by atoms with Crippen molar-refractivity contribution in [3.8, 4) is 0 Å². The van der Waals surface area contributed by atoms with Gasteiger partial charge in [0.15, 0.2) is 0 Å². The summed E-state index contributed by atoms with van der Waals surface area (Å²) < 4.78 is 11.2. The highest BCUT2D eigenvalue weighted by Crippen LogP contribution is 2.32. The minimum absolute atomic E-state index is 0.0301. The monoisotopic (exact) mass is 384 g/mol. The Hall–Kier alpha value is -2.83. The Balaban J connectivity index is 1.66. The van der Waals surface area contributed by atoms with E-state index in [4.69, 9.17) is 20.8 Å². The Bertz CT molecular complexity index is 1010. The molecule has 27 heavy (non-hydrogen) atoms. The van der Waals surface area contributed by atoms with Gasteiger partial charge in [-0.15, -0.1) is 0 Å². The lowest BCUT2D eigenvalue weighted by molar-refractivity contribution is -0.124. The summed E-state index contributed by atoms with van der Waals surface area (Å²) in [6, 6.07) is 14.0. The third-order valence-corrected chi connectivity index (χ3v) is 4.59. The Morgan fingerprint density at radius 1 is 1.07 bits per heavy atom. The summed E-state index contributed by atoms with van der Waals surface area (Å²) in [6.45, 7) is 0.562. The molecule has 2 aromatic carbocycles. The number of hydrogen-bond acceptors (Lipinski definition) is 4. The van der Waals surface area contributed by atoms with Crippen molar-refractivity contribution in [2.24, 2.45) is 0 Å². The van der Waals surface area contributed by atoms with Gasteiger partial charge in [0.1, 0.15) is 17.4 Å². The van der Waals surface area contributed by atoms with Crippen LogP contribution < -0.4 is 10.6 Å². The van der Waals surface area contributed by atoms with E-state index in [0.29, 0.717) is 40.4 Å². The fourth-order valence-electron chi connectivity index (χ4n) is 3.07. The second-order valence-corrected chi connectivity index (χ2v) is 6.69. The number of carbonyl (C=O) groups excluding carboxylic acids is 2. The number of carbonyl (C=O) groups is 2. The van der Waals surface area contributed by atoms with Crippen LogP contribution in [0.25, 0.3) is 11.0 Å². The van der Waals surface area contributed by atoms with E-state index in [0.717, 1.165) is 6.42 Å². The number of nitrogens with one attached hydrogen (secondary N) is 2.